The summed E-state index contributed by atoms with van der Waals surface area (Å²) in [5.41, 5.74) is -2.70. The molecule has 0 unspecified atom stereocenters. The zero-order chi connectivity index (χ0) is 37.6. The number of halogens is 18. The van der Waals surface area contributed by atoms with E-state index in [1.165, 1.54) is 47.6 Å². The third-order valence-corrected chi connectivity index (χ3v) is 8.29. The summed E-state index contributed by atoms with van der Waals surface area (Å²) in [6.45, 7) is 7.98. The molecular weight excluding hydrogens is 730 g/mol. The van der Waals surface area contributed by atoms with Crippen LogP contribution in [0.15, 0.2) is 23.1 Å². The SMILES string of the molecule is CC(C)(C)c1ccc(C(C)(C)C)c(SC(F)(F)C(F)(F)C(F)(F)C(F)(F)C(F)(F)C(F)(F)C(F)(F)C(F)(F)C(F)(F)S(=O)(=O)O)c1. The van der Waals surface area contributed by atoms with Gasteiger partial charge >= 0.3 is 62.1 Å². The van der Waals surface area contributed by atoms with E-state index >= 15 is 0 Å². The lowest BCUT2D eigenvalue weighted by Crippen LogP contribution is -2.76. The Bertz CT molecular complexity index is 1410. The van der Waals surface area contributed by atoms with E-state index in [-0.39, 0.29) is 11.1 Å². The number of hydrogen-bond acceptors (Lipinski definition) is 3. The van der Waals surface area contributed by atoms with Crippen molar-refractivity contribution in [3.8, 4) is 0 Å². The number of alkyl halides is 18. The minimum absolute atomic E-state index is 0.00948. The highest BCUT2D eigenvalue weighted by Gasteiger charge is 2.97. The van der Waals surface area contributed by atoms with Crippen LogP contribution in [0.1, 0.15) is 52.7 Å². The van der Waals surface area contributed by atoms with Crippen LogP contribution < -0.4 is 0 Å². The van der Waals surface area contributed by atoms with Gasteiger partial charge in [-0.05, 0) is 39.8 Å². The van der Waals surface area contributed by atoms with Crippen LogP contribution >= 0.6 is 11.8 Å². The van der Waals surface area contributed by atoms with Gasteiger partial charge in [-0.3, -0.25) is 4.55 Å². The van der Waals surface area contributed by atoms with Crippen molar-refractivity contribution in [1.82, 2.24) is 0 Å². The molecule has 0 atom stereocenters. The summed E-state index contributed by atoms with van der Waals surface area (Å²) >= 11 is -1.68. The summed E-state index contributed by atoms with van der Waals surface area (Å²) in [7, 11) is -8.01. The van der Waals surface area contributed by atoms with Crippen molar-refractivity contribution in [3.05, 3.63) is 29.3 Å². The van der Waals surface area contributed by atoms with Crippen molar-refractivity contribution < 1.29 is 92.0 Å². The fourth-order valence-corrected chi connectivity index (χ4v) is 5.06. The highest BCUT2D eigenvalue weighted by molar-refractivity contribution is 8.00. The molecule has 0 radical (unpaired) electrons. The van der Waals surface area contributed by atoms with Crippen molar-refractivity contribution in [2.45, 2.75) is 109 Å². The van der Waals surface area contributed by atoms with E-state index in [0.29, 0.717) is 6.07 Å². The smallest absolute Gasteiger partial charge is 0.281 e. The Hall–Kier alpha value is -1.78. The van der Waals surface area contributed by atoms with Gasteiger partial charge < -0.3 is 0 Å². The van der Waals surface area contributed by atoms with Crippen LogP contribution in [0.5, 0.6) is 0 Å². The lowest BCUT2D eigenvalue weighted by molar-refractivity contribution is -0.455. The number of benzene rings is 1. The third kappa shape index (κ3) is 6.01. The molecule has 0 amide bonds. The average Bonchev–Trinajstić information content (AvgIpc) is 2.80. The van der Waals surface area contributed by atoms with Crippen LogP contribution in [0.3, 0.4) is 0 Å². The zero-order valence-corrected chi connectivity index (χ0v) is 25.2. The van der Waals surface area contributed by atoms with Gasteiger partial charge in [0.05, 0.1) is 0 Å². The summed E-state index contributed by atoms with van der Waals surface area (Å²) in [5, 5.41) is -14.7. The topological polar surface area (TPSA) is 54.4 Å². The molecule has 1 aromatic rings. The van der Waals surface area contributed by atoms with Crippen LogP contribution in [0.2, 0.25) is 0 Å². The predicted octanol–water partition coefficient (Wildman–Crippen LogP) is 9.89. The fourth-order valence-electron chi connectivity index (χ4n) is 3.41. The van der Waals surface area contributed by atoms with E-state index in [0.717, 1.165) is 6.07 Å². The molecule has 1 aromatic carbocycles. The van der Waals surface area contributed by atoms with Crippen molar-refractivity contribution >= 4 is 21.9 Å². The average molecular weight is 753 g/mol. The van der Waals surface area contributed by atoms with E-state index in [4.69, 9.17) is 4.55 Å². The van der Waals surface area contributed by atoms with E-state index in [1.54, 1.807) is 0 Å². The number of rotatable bonds is 11. The summed E-state index contributed by atoms with van der Waals surface area (Å²) < 4.78 is 282. The van der Waals surface area contributed by atoms with Crippen LogP contribution in [0.25, 0.3) is 0 Å². The maximum atomic E-state index is 14.8. The van der Waals surface area contributed by atoms with Gasteiger partial charge in [0.2, 0.25) is 0 Å². The molecule has 270 valence electrons. The Morgan fingerprint density at radius 3 is 1.15 bits per heavy atom. The minimum Gasteiger partial charge on any atom is -0.281 e. The highest BCUT2D eigenvalue weighted by Crippen LogP contribution is 2.66. The second kappa shape index (κ2) is 11.1. The van der Waals surface area contributed by atoms with Gasteiger partial charge in [0, 0.05) is 4.90 Å². The molecule has 0 bridgehead atoms. The molecule has 1 N–H and O–H groups in total. The Morgan fingerprint density at radius 1 is 0.522 bits per heavy atom. The normalized spacial score (nSPS) is 16.2. The number of hydrogen-bond donors (Lipinski definition) is 1. The Kier molecular flexibility index (Phi) is 10.2. The molecule has 3 nitrogen and oxygen atoms in total. The lowest BCUT2D eigenvalue weighted by atomic mass is 9.82. The van der Waals surface area contributed by atoms with Crippen molar-refractivity contribution in [1.29, 1.82) is 0 Å². The predicted molar refractivity (Wildman–Crippen MR) is 126 cm³/mol. The first-order chi connectivity index (χ1) is 19.6. The third-order valence-electron chi connectivity index (χ3n) is 6.31. The molecule has 46 heavy (non-hydrogen) atoms. The highest BCUT2D eigenvalue weighted by atomic mass is 32.2. The fraction of sp³-hybridized carbons (Fsp3) is 0.739. The Labute approximate surface area is 252 Å². The molecule has 0 aliphatic carbocycles. The molecule has 0 aromatic heterocycles. The van der Waals surface area contributed by atoms with Gasteiger partial charge in [0.1, 0.15) is 0 Å². The summed E-state index contributed by atoms with van der Waals surface area (Å²) in [6.07, 6.45) is 0. The molecule has 0 heterocycles. The lowest BCUT2D eigenvalue weighted by Gasteiger charge is -2.44. The molecule has 0 aliphatic heterocycles. The quantitative estimate of drug-likeness (QED) is 0.139. The first-order valence-electron chi connectivity index (χ1n) is 11.8. The monoisotopic (exact) mass is 752 g/mol. The standard InChI is InChI=1S/C23H22F18O3S2/c1-13(2,3)10-7-8-11(14(4,5)6)12(9-10)45-22(38,39)20(34,35)18(30,31)16(26,27)15(24,25)17(28,29)19(32,33)21(36,37)23(40,41)46(42,43)44/h7-9H,1-6H3,(H,42,43,44). The van der Waals surface area contributed by atoms with Crippen molar-refractivity contribution in [2.75, 3.05) is 0 Å². The second-order valence-electron chi connectivity index (χ2n) is 11.8. The molecular formula is C23H22F18O3S2. The van der Waals surface area contributed by atoms with E-state index in [9.17, 15) is 87.4 Å². The van der Waals surface area contributed by atoms with E-state index in [1.807, 2.05) is 0 Å². The number of thioether (sulfide) groups is 1. The summed E-state index contributed by atoms with van der Waals surface area (Å²) in [4.78, 5) is -1.08. The molecule has 0 spiro atoms. The minimum atomic E-state index is -9.07. The van der Waals surface area contributed by atoms with Crippen LogP contribution in [-0.2, 0) is 20.9 Å². The molecule has 1 rings (SSSR count). The van der Waals surface area contributed by atoms with Crippen LogP contribution in [-0.4, -0.2) is 64.9 Å². The second-order valence-corrected chi connectivity index (χ2v) is 14.5. The first-order valence-corrected chi connectivity index (χ1v) is 14.0. The molecule has 0 aliphatic rings. The van der Waals surface area contributed by atoms with Gasteiger partial charge in [0.25, 0.3) is 0 Å². The Balaban J connectivity index is 3.92. The van der Waals surface area contributed by atoms with Crippen LogP contribution in [0.4, 0.5) is 79.0 Å². The maximum Gasteiger partial charge on any atom is 0.438 e. The van der Waals surface area contributed by atoms with Crippen molar-refractivity contribution in [3.63, 3.8) is 0 Å². The van der Waals surface area contributed by atoms with Gasteiger partial charge in [-0.15, -0.1) is 0 Å². The zero-order valence-electron chi connectivity index (χ0n) is 23.6. The largest absolute Gasteiger partial charge is 0.438 e. The maximum absolute atomic E-state index is 14.8. The van der Waals surface area contributed by atoms with Crippen molar-refractivity contribution in [2.24, 2.45) is 0 Å². The van der Waals surface area contributed by atoms with Gasteiger partial charge in [-0.25, -0.2) is 0 Å². The molecule has 0 saturated carbocycles. The summed E-state index contributed by atoms with van der Waals surface area (Å²) in [5.74, 6) is -61.1. The Morgan fingerprint density at radius 2 is 0.848 bits per heavy atom. The van der Waals surface area contributed by atoms with Crippen LogP contribution in [0, 0.1) is 0 Å². The molecule has 0 saturated heterocycles. The van der Waals surface area contributed by atoms with E-state index < -0.39 is 89.6 Å². The molecule has 0 fully saturated rings. The van der Waals surface area contributed by atoms with E-state index in [2.05, 4.69) is 0 Å². The van der Waals surface area contributed by atoms with Gasteiger partial charge in [0.15, 0.2) is 0 Å². The molecule has 23 heteroatoms. The first kappa shape index (κ1) is 42.2. The summed E-state index contributed by atoms with van der Waals surface area (Å²) in [6, 6.07) is 2.92. The van der Waals surface area contributed by atoms with Gasteiger partial charge in [-0.1, -0.05) is 53.7 Å². The van der Waals surface area contributed by atoms with Gasteiger partial charge in [-0.2, -0.15) is 87.4 Å².